The molecule has 2 atom stereocenters. The van der Waals surface area contributed by atoms with Crippen molar-refractivity contribution in [1.82, 2.24) is 5.32 Å². The second-order valence-electron chi connectivity index (χ2n) is 8.04. The molecule has 0 aliphatic rings. The largest absolute Gasteiger partial charge is 0.391 e. The first kappa shape index (κ1) is 21.1. The number of halogens is 1. The van der Waals surface area contributed by atoms with E-state index < -0.39 is 12.1 Å². The summed E-state index contributed by atoms with van der Waals surface area (Å²) in [5.41, 5.74) is 8.35. The number of hydrogen-bond acceptors (Lipinski definition) is 3. The van der Waals surface area contributed by atoms with Crippen molar-refractivity contribution in [3.05, 3.63) is 70.5 Å². The van der Waals surface area contributed by atoms with Crippen LogP contribution in [0.3, 0.4) is 0 Å². The Hall–Kier alpha value is -2.24. The molecular formula is C22H29FN2O2. The first-order valence-corrected chi connectivity index (χ1v) is 9.16. The summed E-state index contributed by atoms with van der Waals surface area (Å²) in [5, 5.41) is 13.5. The van der Waals surface area contributed by atoms with Crippen LogP contribution in [-0.4, -0.2) is 28.7 Å². The monoisotopic (exact) mass is 372 g/mol. The van der Waals surface area contributed by atoms with Gasteiger partial charge < -0.3 is 16.2 Å². The number of carbonyl (C=O) groups excluding carboxylic acids is 1. The van der Waals surface area contributed by atoms with Crippen LogP contribution in [0.1, 0.15) is 47.8 Å². The number of nitrogens with one attached hydrogen (secondary N) is 1. The highest BCUT2D eigenvalue weighted by Gasteiger charge is 2.23. The van der Waals surface area contributed by atoms with Gasteiger partial charge in [0.25, 0.3) is 5.91 Å². The zero-order valence-corrected chi connectivity index (χ0v) is 16.4. The quantitative estimate of drug-likeness (QED) is 0.729. The molecule has 0 saturated heterocycles. The molecule has 27 heavy (non-hydrogen) atoms. The summed E-state index contributed by atoms with van der Waals surface area (Å²) in [6.07, 6.45) is -0.444. The van der Waals surface area contributed by atoms with E-state index >= 15 is 0 Å². The molecule has 0 saturated carbocycles. The van der Waals surface area contributed by atoms with Gasteiger partial charge in [0.15, 0.2) is 0 Å². The molecular weight excluding hydrogens is 343 g/mol. The number of benzene rings is 2. The molecule has 5 heteroatoms. The van der Waals surface area contributed by atoms with Crippen LogP contribution >= 0.6 is 0 Å². The van der Waals surface area contributed by atoms with Gasteiger partial charge in [0, 0.05) is 23.6 Å². The van der Waals surface area contributed by atoms with Gasteiger partial charge in [-0.05, 0) is 56.9 Å². The highest BCUT2D eigenvalue weighted by Crippen LogP contribution is 2.19. The van der Waals surface area contributed by atoms with Crippen molar-refractivity contribution in [2.45, 2.75) is 58.2 Å². The second-order valence-corrected chi connectivity index (χ2v) is 8.04. The van der Waals surface area contributed by atoms with Crippen LogP contribution in [0.25, 0.3) is 0 Å². The highest BCUT2D eigenvalue weighted by molar-refractivity contribution is 5.97. The summed E-state index contributed by atoms with van der Waals surface area (Å²) in [7, 11) is 0. The van der Waals surface area contributed by atoms with Gasteiger partial charge >= 0.3 is 0 Å². The fourth-order valence-corrected chi connectivity index (χ4v) is 3.06. The van der Waals surface area contributed by atoms with Crippen molar-refractivity contribution >= 4 is 5.91 Å². The minimum absolute atomic E-state index is 0.175. The van der Waals surface area contributed by atoms with Gasteiger partial charge in [-0.25, -0.2) is 4.39 Å². The topological polar surface area (TPSA) is 75.3 Å². The number of nitrogens with two attached hydrogens (primary N) is 1. The molecule has 2 unspecified atom stereocenters. The van der Waals surface area contributed by atoms with Gasteiger partial charge in [0.1, 0.15) is 5.82 Å². The van der Waals surface area contributed by atoms with Crippen LogP contribution in [-0.2, 0) is 12.8 Å². The number of aryl methyl sites for hydroxylation is 1. The molecule has 0 aliphatic carbocycles. The van der Waals surface area contributed by atoms with E-state index in [0.29, 0.717) is 11.1 Å². The van der Waals surface area contributed by atoms with Crippen molar-refractivity contribution in [2.24, 2.45) is 5.73 Å². The smallest absolute Gasteiger partial charge is 0.252 e. The molecule has 0 aliphatic heterocycles. The van der Waals surface area contributed by atoms with E-state index in [4.69, 9.17) is 5.73 Å². The van der Waals surface area contributed by atoms with Crippen molar-refractivity contribution in [3.63, 3.8) is 0 Å². The molecule has 0 heterocycles. The van der Waals surface area contributed by atoms with Crippen LogP contribution in [0.5, 0.6) is 0 Å². The fraction of sp³-hybridized carbons (Fsp3) is 0.409. The van der Waals surface area contributed by atoms with Crippen LogP contribution in [0, 0.1) is 12.7 Å². The number of carbonyl (C=O) groups is 1. The van der Waals surface area contributed by atoms with Crippen LogP contribution < -0.4 is 11.1 Å². The average Bonchev–Trinajstić information content (AvgIpc) is 2.55. The van der Waals surface area contributed by atoms with Crippen molar-refractivity contribution in [1.29, 1.82) is 0 Å². The molecule has 2 aromatic carbocycles. The second kappa shape index (κ2) is 8.63. The summed E-state index contributed by atoms with van der Waals surface area (Å²) < 4.78 is 13.8. The third-order valence-corrected chi connectivity index (χ3v) is 4.41. The van der Waals surface area contributed by atoms with E-state index in [-0.39, 0.29) is 30.1 Å². The molecule has 4 N–H and O–H groups in total. The van der Waals surface area contributed by atoms with Crippen LogP contribution in [0.2, 0.25) is 0 Å². The number of aliphatic hydroxyl groups excluding tert-OH is 1. The lowest BCUT2D eigenvalue weighted by Gasteiger charge is -2.24. The van der Waals surface area contributed by atoms with Gasteiger partial charge in [-0.1, -0.05) is 36.4 Å². The summed E-state index contributed by atoms with van der Waals surface area (Å²) in [6.45, 7) is 7.62. The molecule has 0 aromatic heterocycles. The maximum atomic E-state index is 13.8. The number of amides is 1. The molecule has 2 aromatic rings. The maximum Gasteiger partial charge on any atom is 0.252 e. The van der Waals surface area contributed by atoms with E-state index in [9.17, 15) is 14.3 Å². The minimum Gasteiger partial charge on any atom is -0.391 e. The number of hydrogen-bond donors (Lipinski definition) is 3. The molecule has 2 rings (SSSR count). The summed E-state index contributed by atoms with van der Waals surface area (Å²) in [4.78, 5) is 12.7. The Balaban J connectivity index is 2.17. The third-order valence-electron chi connectivity index (χ3n) is 4.41. The van der Waals surface area contributed by atoms with Crippen molar-refractivity contribution in [3.8, 4) is 0 Å². The molecule has 0 spiro atoms. The predicted molar refractivity (Wildman–Crippen MR) is 106 cm³/mol. The summed E-state index contributed by atoms with van der Waals surface area (Å²) >= 11 is 0. The minimum atomic E-state index is -0.896. The predicted octanol–water partition coefficient (Wildman–Crippen LogP) is 3.14. The van der Waals surface area contributed by atoms with Gasteiger partial charge in [-0.15, -0.1) is 0 Å². The van der Waals surface area contributed by atoms with Gasteiger partial charge in [-0.3, -0.25) is 4.79 Å². The Labute approximate surface area is 160 Å². The Bertz CT molecular complexity index is 799. The van der Waals surface area contributed by atoms with Crippen molar-refractivity contribution < 1.29 is 14.3 Å². The van der Waals surface area contributed by atoms with Crippen LogP contribution in [0.15, 0.2) is 42.5 Å². The summed E-state index contributed by atoms with van der Waals surface area (Å²) in [5.74, 6) is -0.508. The standard InChI is InChI=1S/C22H29FN2O2/c1-14-8-7-10-16(20(14)21(27)25-22(2,3)4)13-19(26)18(24)12-15-9-5-6-11-17(15)23/h5-11,18-19,26H,12-13,24H2,1-4H3,(H,25,27). The highest BCUT2D eigenvalue weighted by atomic mass is 19.1. The number of aliphatic hydroxyl groups is 1. The van der Waals surface area contributed by atoms with Crippen molar-refractivity contribution in [2.75, 3.05) is 0 Å². The third kappa shape index (κ3) is 5.88. The lowest BCUT2D eigenvalue weighted by molar-refractivity contribution is 0.0916. The van der Waals surface area contributed by atoms with E-state index in [0.717, 1.165) is 11.1 Å². The fourth-order valence-electron chi connectivity index (χ4n) is 3.06. The maximum absolute atomic E-state index is 13.8. The molecule has 0 bridgehead atoms. The molecule has 1 amide bonds. The van der Waals surface area contributed by atoms with Crippen LogP contribution in [0.4, 0.5) is 4.39 Å². The van der Waals surface area contributed by atoms with Gasteiger partial charge in [0.05, 0.1) is 6.10 Å². The van der Waals surface area contributed by atoms with Gasteiger partial charge in [0.2, 0.25) is 0 Å². The zero-order valence-electron chi connectivity index (χ0n) is 16.4. The Morgan fingerprint density at radius 2 is 1.74 bits per heavy atom. The lowest BCUT2D eigenvalue weighted by atomic mass is 9.92. The molecule has 4 nitrogen and oxygen atoms in total. The van der Waals surface area contributed by atoms with E-state index in [2.05, 4.69) is 5.32 Å². The Kier molecular flexibility index (Phi) is 6.73. The van der Waals surface area contributed by atoms with E-state index in [1.165, 1.54) is 6.07 Å². The lowest BCUT2D eigenvalue weighted by Crippen LogP contribution is -2.42. The summed E-state index contributed by atoms with van der Waals surface area (Å²) in [6, 6.07) is 11.3. The normalized spacial score (nSPS) is 13.9. The SMILES string of the molecule is Cc1cccc(CC(O)C(N)Cc2ccccc2F)c1C(=O)NC(C)(C)C. The van der Waals surface area contributed by atoms with Gasteiger partial charge in [-0.2, -0.15) is 0 Å². The molecule has 0 radical (unpaired) electrons. The van der Waals surface area contributed by atoms with E-state index in [1.807, 2.05) is 45.9 Å². The zero-order chi connectivity index (χ0) is 20.2. The van der Waals surface area contributed by atoms with E-state index in [1.54, 1.807) is 18.2 Å². The average molecular weight is 372 g/mol. The first-order chi connectivity index (χ1) is 12.6. The molecule has 0 fully saturated rings. The Morgan fingerprint density at radius 3 is 2.37 bits per heavy atom. The first-order valence-electron chi connectivity index (χ1n) is 9.16. The number of rotatable bonds is 6. The molecule has 146 valence electrons. The Morgan fingerprint density at radius 1 is 1.11 bits per heavy atom.